The molecule has 2 aromatic rings. The summed E-state index contributed by atoms with van der Waals surface area (Å²) in [7, 11) is 0. The van der Waals surface area contributed by atoms with Gasteiger partial charge < -0.3 is 10.4 Å². The zero-order valence-electron chi connectivity index (χ0n) is 10.4. The Labute approximate surface area is 118 Å². The van der Waals surface area contributed by atoms with Gasteiger partial charge in [0.05, 0.1) is 0 Å². The molecule has 0 saturated carbocycles. The molecule has 20 heavy (non-hydrogen) atoms. The van der Waals surface area contributed by atoms with Crippen LogP contribution < -0.4 is 5.32 Å². The molecule has 0 radical (unpaired) electrons. The van der Waals surface area contributed by atoms with Gasteiger partial charge in [-0.3, -0.25) is 14.6 Å². The summed E-state index contributed by atoms with van der Waals surface area (Å²) in [4.78, 5) is 25.8. The minimum atomic E-state index is -0.909. The molecule has 0 bridgehead atoms. The molecule has 1 amide bonds. The number of pyridine rings is 1. The van der Waals surface area contributed by atoms with E-state index in [2.05, 4.69) is 20.5 Å². The normalized spacial score (nSPS) is 10.2. The summed E-state index contributed by atoms with van der Waals surface area (Å²) in [5.41, 5.74) is 0.879. The van der Waals surface area contributed by atoms with Crippen molar-refractivity contribution in [1.82, 2.24) is 15.2 Å². The Bertz CT molecular complexity index is 600. The quantitative estimate of drug-likeness (QED) is 0.841. The molecule has 2 aromatic heterocycles. The number of amides is 1. The lowest BCUT2D eigenvalue weighted by molar-refractivity contribution is -0.137. The smallest absolute Gasteiger partial charge is 0.303 e. The predicted molar refractivity (Wildman–Crippen MR) is 73.3 cm³/mol. The van der Waals surface area contributed by atoms with Gasteiger partial charge in [-0.15, -0.1) is 10.2 Å². The van der Waals surface area contributed by atoms with Crippen LogP contribution >= 0.6 is 11.3 Å². The fourth-order valence-corrected chi connectivity index (χ4v) is 2.23. The number of carboxylic acid groups (broad SMARTS) is 1. The molecule has 0 spiro atoms. The number of anilines is 1. The number of aliphatic carboxylic acids is 1. The van der Waals surface area contributed by atoms with Crippen LogP contribution in [0.15, 0.2) is 24.5 Å². The summed E-state index contributed by atoms with van der Waals surface area (Å²) >= 11 is 1.26. The van der Waals surface area contributed by atoms with Gasteiger partial charge in [0.15, 0.2) is 0 Å². The van der Waals surface area contributed by atoms with Crippen molar-refractivity contribution in [3.05, 3.63) is 24.5 Å². The monoisotopic (exact) mass is 292 g/mol. The Balaban J connectivity index is 1.90. The second-order valence-electron chi connectivity index (χ2n) is 3.94. The van der Waals surface area contributed by atoms with E-state index < -0.39 is 5.97 Å². The van der Waals surface area contributed by atoms with Gasteiger partial charge in [-0.2, -0.15) is 0 Å². The Morgan fingerprint density at radius 3 is 2.65 bits per heavy atom. The molecule has 0 aliphatic heterocycles. The van der Waals surface area contributed by atoms with Crippen LogP contribution in [0.4, 0.5) is 5.13 Å². The molecule has 2 heterocycles. The third kappa shape index (κ3) is 4.09. The molecule has 2 N–H and O–H groups in total. The summed E-state index contributed by atoms with van der Waals surface area (Å²) in [6, 6.07) is 3.61. The zero-order valence-corrected chi connectivity index (χ0v) is 11.3. The first kappa shape index (κ1) is 14.1. The van der Waals surface area contributed by atoms with Crippen molar-refractivity contribution in [1.29, 1.82) is 0 Å². The van der Waals surface area contributed by atoms with Crippen molar-refractivity contribution in [3.63, 3.8) is 0 Å². The van der Waals surface area contributed by atoms with E-state index in [4.69, 9.17) is 5.11 Å². The van der Waals surface area contributed by atoms with Crippen molar-refractivity contribution in [2.24, 2.45) is 0 Å². The highest BCUT2D eigenvalue weighted by Crippen LogP contribution is 2.25. The summed E-state index contributed by atoms with van der Waals surface area (Å²) in [5, 5.41) is 20.0. The molecule has 2 rings (SSSR count). The molecule has 7 nitrogen and oxygen atoms in total. The summed E-state index contributed by atoms with van der Waals surface area (Å²) in [6.07, 6.45) is 3.74. The Morgan fingerprint density at radius 2 is 1.95 bits per heavy atom. The van der Waals surface area contributed by atoms with Gasteiger partial charge in [0.25, 0.3) is 0 Å². The van der Waals surface area contributed by atoms with Gasteiger partial charge in [0.2, 0.25) is 11.0 Å². The third-order valence-corrected chi connectivity index (χ3v) is 3.28. The maximum Gasteiger partial charge on any atom is 0.303 e. The van der Waals surface area contributed by atoms with Gasteiger partial charge in [0, 0.05) is 30.8 Å². The van der Waals surface area contributed by atoms with Crippen LogP contribution in [0.1, 0.15) is 19.3 Å². The van der Waals surface area contributed by atoms with Crippen molar-refractivity contribution in [2.45, 2.75) is 19.3 Å². The molecule has 0 aliphatic rings. The summed E-state index contributed by atoms with van der Waals surface area (Å²) in [5.74, 6) is -1.17. The maximum absolute atomic E-state index is 11.6. The molecular formula is C12H12N4O3S. The number of aromatic nitrogens is 3. The number of nitrogens with zero attached hydrogens (tertiary/aromatic N) is 3. The van der Waals surface area contributed by atoms with Crippen molar-refractivity contribution < 1.29 is 14.7 Å². The van der Waals surface area contributed by atoms with Crippen LogP contribution in [-0.2, 0) is 9.59 Å². The van der Waals surface area contributed by atoms with Crippen LogP contribution in [0, 0.1) is 0 Å². The highest BCUT2D eigenvalue weighted by molar-refractivity contribution is 7.18. The first-order valence-corrected chi connectivity index (χ1v) is 6.72. The van der Waals surface area contributed by atoms with E-state index in [-0.39, 0.29) is 18.7 Å². The second kappa shape index (κ2) is 6.71. The fourth-order valence-electron chi connectivity index (χ4n) is 1.47. The molecule has 0 unspecified atom stereocenters. The average Bonchev–Trinajstić information content (AvgIpc) is 2.88. The Kier molecular flexibility index (Phi) is 4.72. The molecule has 0 aromatic carbocycles. The molecule has 0 aliphatic carbocycles. The van der Waals surface area contributed by atoms with Crippen LogP contribution in [-0.4, -0.2) is 32.2 Å². The first-order valence-electron chi connectivity index (χ1n) is 5.90. The predicted octanol–water partition coefficient (Wildman–Crippen LogP) is 1.79. The Morgan fingerprint density at radius 1 is 1.20 bits per heavy atom. The van der Waals surface area contributed by atoms with Crippen LogP contribution in [0.5, 0.6) is 0 Å². The number of hydrogen-bond acceptors (Lipinski definition) is 6. The molecule has 0 fully saturated rings. The van der Waals surface area contributed by atoms with Crippen LogP contribution in [0.2, 0.25) is 0 Å². The molecule has 104 valence electrons. The highest BCUT2D eigenvalue weighted by Gasteiger charge is 2.10. The Hall–Kier alpha value is -2.35. The van der Waals surface area contributed by atoms with Gasteiger partial charge in [0.1, 0.15) is 5.01 Å². The molecular weight excluding hydrogens is 280 g/mol. The summed E-state index contributed by atoms with van der Waals surface area (Å²) in [6.45, 7) is 0. The second-order valence-corrected chi connectivity index (χ2v) is 4.92. The van der Waals surface area contributed by atoms with Gasteiger partial charge in [-0.25, -0.2) is 0 Å². The minimum absolute atomic E-state index is 0.0220. The average molecular weight is 292 g/mol. The molecule has 8 heteroatoms. The lowest BCUT2D eigenvalue weighted by Gasteiger charge is -1.99. The lowest BCUT2D eigenvalue weighted by Crippen LogP contribution is -2.11. The van der Waals surface area contributed by atoms with Crippen LogP contribution in [0.25, 0.3) is 10.6 Å². The van der Waals surface area contributed by atoms with E-state index in [0.717, 1.165) is 5.56 Å². The van der Waals surface area contributed by atoms with E-state index in [1.165, 1.54) is 11.3 Å². The number of hydrogen-bond donors (Lipinski definition) is 2. The highest BCUT2D eigenvalue weighted by atomic mass is 32.1. The van der Waals surface area contributed by atoms with E-state index in [1.807, 2.05) is 0 Å². The standard InChI is InChI=1S/C12H12N4O3S/c17-9(2-1-3-10(18)19)14-12-16-15-11(20-12)8-4-6-13-7-5-8/h4-7H,1-3H2,(H,18,19)(H,14,16,17). The van der Waals surface area contributed by atoms with E-state index in [9.17, 15) is 9.59 Å². The van der Waals surface area contributed by atoms with Crippen LogP contribution in [0.3, 0.4) is 0 Å². The topological polar surface area (TPSA) is 105 Å². The summed E-state index contributed by atoms with van der Waals surface area (Å²) < 4.78 is 0. The van der Waals surface area contributed by atoms with E-state index in [1.54, 1.807) is 24.5 Å². The van der Waals surface area contributed by atoms with Crippen molar-refractivity contribution in [2.75, 3.05) is 5.32 Å². The SMILES string of the molecule is O=C(O)CCCC(=O)Nc1nnc(-c2ccncc2)s1. The fraction of sp³-hybridized carbons (Fsp3) is 0.250. The first-order chi connectivity index (χ1) is 9.65. The molecule has 0 atom stereocenters. The van der Waals surface area contributed by atoms with Crippen molar-refractivity contribution in [3.8, 4) is 10.6 Å². The molecule has 0 saturated heterocycles. The lowest BCUT2D eigenvalue weighted by atomic mass is 10.2. The minimum Gasteiger partial charge on any atom is -0.481 e. The van der Waals surface area contributed by atoms with E-state index >= 15 is 0 Å². The van der Waals surface area contributed by atoms with Gasteiger partial charge in [-0.05, 0) is 18.6 Å². The number of nitrogens with one attached hydrogen (secondary N) is 1. The van der Waals surface area contributed by atoms with E-state index in [0.29, 0.717) is 16.6 Å². The number of carbonyl (C=O) groups excluding carboxylic acids is 1. The number of rotatable bonds is 6. The van der Waals surface area contributed by atoms with Gasteiger partial charge >= 0.3 is 5.97 Å². The zero-order chi connectivity index (χ0) is 14.4. The number of carbonyl (C=O) groups is 2. The van der Waals surface area contributed by atoms with Gasteiger partial charge in [-0.1, -0.05) is 11.3 Å². The largest absolute Gasteiger partial charge is 0.481 e. The van der Waals surface area contributed by atoms with Crippen molar-refractivity contribution >= 4 is 28.3 Å². The number of carboxylic acids is 1. The maximum atomic E-state index is 11.6. The third-order valence-electron chi connectivity index (χ3n) is 2.39.